The van der Waals surface area contributed by atoms with E-state index in [1.54, 1.807) is 18.3 Å². The molecule has 1 aliphatic heterocycles. The summed E-state index contributed by atoms with van der Waals surface area (Å²) in [7, 11) is 0. The number of nitrogens with one attached hydrogen (secondary N) is 1. The second-order valence-corrected chi connectivity index (χ2v) is 6.00. The van der Waals surface area contributed by atoms with Crippen molar-refractivity contribution in [2.24, 2.45) is 5.92 Å². The molecule has 7 nitrogen and oxygen atoms in total. The third kappa shape index (κ3) is 2.90. The zero-order chi connectivity index (χ0) is 15.6. The van der Waals surface area contributed by atoms with Gasteiger partial charge in [0.1, 0.15) is 18.0 Å². The topological polar surface area (TPSA) is 96.9 Å². The average Bonchev–Trinajstić information content (AvgIpc) is 3.14. The van der Waals surface area contributed by atoms with Gasteiger partial charge in [0.2, 0.25) is 0 Å². The lowest BCUT2D eigenvalue weighted by Gasteiger charge is -2.16. The summed E-state index contributed by atoms with van der Waals surface area (Å²) in [5.41, 5.74) is 0.539. The van der Waals surface area contributed by atoms with Gasteiger partial charge in [0.05, 0.1) is 5.56 Å². The number of rotatable bonds is 5. The van der Waals surface area contributed by atoms with E-state index in [2.05, 4.69) is 26.5 Å². The Hall–Kier alpha value is -2.46. The minimum atomic E-state index is -0.184. The van der Waals surface area contributed by atoms with Gasteiger partial charge in [-0.3, -0.25) is 0 Å². The Morgan fingerprint density at radius 1 is 1.35 bits per heavy atom. The van der Waals surface area contributed by atoms with Crippen LogP contribution in [-0.2, 0) is 4.74 Å². The van der Waals surface area contributed by atoms with Crippen LogP contribution in [0.2, 0.25) is 0 Å². The molecule has 2 aromatic rings. The van der Waals surface area contributed by atoms with E-state index in [0.29, 0.717) is 36.3 Å². The van der Waals surface area contributed by atoms with Crippen LogP contribution in [0, 0.1) is 17.2 Å². The van der Waals surface area contributed by atoms with E-state index in [4.69, 9.17) is 14.5 Å². The first-order valence-corrected chi connectivity index (χ1v) is 7.89. The second-order valence-electron chi connectivity index (χ2n) is 6.00. The summed E-state index contributed by atoms with van der Waals surface area (Å²) in [6.07, 6.45) is 4.69. The standard InChI is InChI=1S/C16H17N5O2/c17-8-11-2-1-6-18-14(11)19-9-12-5-7-22-13(12)16-20-15(21-23-16)10-3-4-10/h1-2,6,10,12-13H,3-5,7,9H2,(H,18,19)/t12-,13-/m0/s1. The van der Waals surface area contributed by atoms with Crippen molar-refractivity contribution in [2.75, 3.05) is 18.5 Å². The molecule has 0 bridgehead atoms. The first kappa shape index (κ1) is 14.2. The van der Waals surface area contributed by atoms with Crippen molar-refractivity contribution in [2.45, 2.75) is 31.3 Å². The molecule has 3 heterocycles. The number of nitrogens with zero attached hydrogens (tertiary/aromatic N) is 4. The Labute approximate surface area is 133 Å². The third-order valence-electron chi connectivity index (χ3n) is 4.32. The van der Waals surface area contributed by atoms with Crippen molar-refractivity contribution >= 4 is 5.82 Å². The van der Waals surface area contributed by atoms with Crippen molar-refractivity contribution in [3.63, 3.8) is 0 Å². The van der Waals surface area contributed by atoms with Crippen LogP contribution >= 0.6 is 0 Å². The molecule has 1 saturated carbocycles. The van der Waals surface area contributed by atoms with Crippen molar-refractivity contribution in [1.82, 2.24) is 15.1 Å². The van der Waals surface area contributed by atoms with Gasteiger partial charge in [-0.1, -0.05) is 5.16 Å². The summed E-state index contributed by atoms with van der Waals surface area (Å²) in [5, 5.41) is 16.4. The summed E-state index contributed by atoms with van der Waals surface area (Å²) < 4.78 is 11.2. The van der Waals surface area contributed by atoms with Crippen LogP contribution in [0.1, 0.15) is 48.6 Å². The number of nitriles is 1. The highest BCUT2D eigenvalue weighted by Gasteiger charge is 2.36. The minimum Gasteiger partial charge on any atom is -0.369 e. The predicted molar refractivity (Wildman–Crippen MR) is 80.5 cm³/mol. The molecule has 23 heavy (non-hydrogen) atoms. The molecule has 2 aromatic heterocycles. The molecule has 0 amide bonds. The van der Waals surface area contributed by atoms with E-state index in [-0.39, 0.29) is 12.0 Å². The molecule has 2 atom stereocenters. The Morgan fingerprint density at radius 3 is 3.09 bits per heavy atom. The summed E-state index contributed by atoms with van der Waals surface area (Å²) in [6, 6.07) is 5.64. The van der Waals surface area contributed by atoms with E-state index < -0.39 is 0 Å². The predicted octanol–water partition coefficient (Wildman–Crippen LogP) is 2.40. The highest BCUT2D eigenvalue weighted by atomic mass is 16.5. The maximum atomic E-state index is 9.11. The summed E-state index contributed by atoms with van der Waals surface area (Å²) in [6.45, 7) is 1.32. The number of anilines is 1. The fourth-order valence-corrected chi connectivity index (χ4v) is 2.85. The lowest BCUT2D eigenvalue weighted by atomic mass is 10.0. The van der Waals surface area contributed by atoms with E-state index in [0.717, 1.165) is 25.1 Å². The fourth-order valence-electron chi connectivity index (χ4n) is 2.85. The van der Waals surface area contributed by atoms with Gasteiger partial charge in [-0.25, -0.2) is 4.98 Å². The molecular weight excluding hydrogens is 294 g/mol. The summed E-state index contributed by atoms with van der Waals surface area (Å²) in [4.78, 5) is 8.71. The number of ether oxygens (including phenoxy) is 1. The fraction of sp³-hybridized carbons (Fsp3) is 0.500. The number of pyridine rings is 1. The first-order chi connectivity index (χ1) is 11.3. The van der Waals surface area contributed by atoms with Crippen molar-refractivity contribution in [3.8, 4) is 6.07 Å². The van der Waals surface area contributed by atoms with Crippen LogP contribution in [0.3, 0.4) is 0 Å². The van der Waals surface area contributed by atoms with Crippen molar-refractivity contribution in [1.29, 1.82) is 5.26 Å². The first-order valence-electron chi connectivity index (χ1n) is 7.89. The molecule has 1 aliphatic carbocycles. The Bertz CT molecular complexity index is 734. The van der Waals surface area contributed by atoms with Gasteiger partial charge in [-0.05, 0) is 31.4 Å². The van der Waals surface area contributed by atoms with Gasteiger partial charge in [-0.2, -0.15) is 10.2 Å². The smallest absolute Gasteiger partial charge is 0.256 e. The zero-order valence-electron chi connectivity index (χ0n) is 12.6. The van der Waals surface area contributed by atoms with Crippen LogP contribution in [0.25, 0.3) is 0 Å². The van der Waals surface area contributed by atoms with Crippen LogP contribution in [-0.4, -0.2) is 28.3 Å². The average molecular weight is 311 g/mol. The third-order valence-corrected chi connectivity index (χ3v) is 4.32. The Kier molecular flexibility index (Phi) is 3.67. The van der Waals surface area contributed by atoms with Crippen molar-refractivity contribution < 1.29 is 9.26 Å². The summed E-state index contributed by atoms with van der Waals surface area (Å²) >= 11 is 0. The van der Waals surface area contributed by atoms with E-state index in [9.17, 15) is 0 Å². The normalized spacial score (nSPS) is 23.6. The van der Waals surface area contributed by atoms with Gasteiger partial charge < -0.3 is 14.6 Å². The molecule has 0 aromatic carbocycles. The van der Waals surface area contributed by atoms with Gasteiger partial charge in [0.25, 0.3) is 5.89 Å². The van der Waals surface area contributed by atoms with Gasteiger partial charge >= 0.3 is 0 Å². The molecule has 118 valence electrons. The van der Waals surface area contributed by atoms with Crippen molar-refractivity contribution in [3.05, 3.63) is 35.6 Å². The maximum Gasteiger partial charge on any atom is 0.256 e. The SMILES string of the molecule is N#Cc1cccnc1NC[C@@H]1CCO[C@@H]1c1nc(C2CC2)no1. The molecule has 0 unspecified atom stereocenters. The largest absolute Gasteiger partial charge is 0.369 e. The lowest BCUT2D eigenvalue weighted by molar-refractivity contribution is 0.0650. The molecule has 1 N–H and O–H groups in total. The molecule has 2 aliphatic rings. The highest BCUT2D eigenvalue weighted by molar-refractivity contribution is 5.51. The van der Waals surface area contributed by atoms with E-state index in [1.807, 2.05) is 0 Å². The van der Waals surface area contributed by atoms with Gasteiger partial charge in [0, 0.05) is 31.2 Å². The van der Waals surface area contributed by atoms with Crippen LogP contribution in [0.15, 0.2) is 22.9 Å². The van der Waals surface area contributed by atoms with Gasteiger partial charge in [-0.15, -0.1) is 0 Å². The van der Waals surface area contributed by atoms with Gasteiger partial charge in [0.15, 0.2) is 5.82 Å². The molecule has 0 spiro atoms. The van der Waals surface area contributed by atoms with Crippen LogP contribution in [0.4, 0.5) is 5.82 Å². The Balaban J connectivity index is 1.44. The summed E-state index contributed by atoms with van der Waals surface area (Å²) in [5.74, 6) is 2.66. The molecule has 7 heteroatoms. The highest BCUT2D eigenvalue weighted by Crippen LogP contribution is 2.40. The molecule has 1 saturated heterocycles. The monoisotopic (exact) mass is 311 g/mol. The van der Waals surface area contributed by atoms with E-state index >= 15 is 0 Å². The zero-order valence-corrected chi connectivity index (χ0v) is 12.6. The maximum absolute atomic E-state index is 9.11. The molecule has 4 rings (SSSR count). The lowest BCUT2D eigenvalue weighted by Crippen LogP contribution is -2.19. The molecular formula is C16H17N5O2. The quantitative estimate of drug-likeness (QED) is 0.905. The Morgan fingerprint density at radius 2 is 2.26 bits per heavy atom. The number of hydrogen-bond acceptors (Lipinski definition) is 7. The molecule has 2 fully saturated rings. The van der Waals surface area contributed by atoms with Crippen LogP contribution in [0.5, 0.6) is 0 Å². The minimum absolute atomic E-state index is 0.184. The van der Waals surface area contributed by atoms with Crippen LogP contribution < -0.4 is 5.32 Å². The second kappa shape index (κ2) is 5.97. The number of aromatic nitrogens is 3. The number of hydrogen-bond donors (Lipinski definition) is 1. The molecule has 0 radical (unpaired) electrons. The van der Waals surface area contributed by atoms with E-state index in [1.165, 1.54) is 0 Å².